The van der Waals surface area contributed by atoms with Gasteiger partial charge in [0.15, 0.2) is 0 Å². The van der Waals surface area contributed by atoms with Crippen LogP contribution in [0.2, 0.25) is 6.32 Å². The molecule has 0 aromatic heterocycles. The van der Waals surface area contributed by atoms with E-state index in [1.807, 2.05) is 0 Å². The second-order valence-electron chi connectivity index (χ2n) is 17.1. The summed E-state index contributed by atoms with van der Waals surface area (Å²) in [4.78, 5) is 55.6. The molecule has 3 amide bonds. The average Bonchev–Trinajstić information content (AvgIpc) is 3.52. The van der Waals surface area contributed by atoms with Crippen LogP contribution in [-0.2, 0) is 28.4 Å². The molecule has 0 unspecified atom stereocenters. The Morgan fingerprint density at radius 1 is 1.02 bits per heavy atom. The van der Waals surface area contributed by atoms with Gasteiger partial charge in [-0.3, -0.25) is 9.69 Å². The number of rotatable bonds is 7. The molecule has 258 valence electrons. The van der Waals surface area contributed by atoms with Crippen LogP contribution in [0.25, 0.3) is 0 Å². The van der Waals surface area contributed by atoms with Crippen LogP contribution >= 0.6 is 0 Å². The second-order valence-corrected chi connectivity index (χ2v) is 17.1. The minimum Gasteiger partial charge on any atom is -0.480 e. The molecule has 3 aliphatic carbocycles. The summed E-state index contributed by atoms with van der Waals surface area (Å²) in [5.41, 5.74) is -2.58. The first-order chi connectivity index (χ1) is 21.1. The quantitative estimate of drug-likeness (QED) is 0.376. The van der Waals surface area contributed by atoms with Gasteiger partial charge in [-0.1, -0.05) is 20.3 Å². The molecule has 0 radical (unpaired) electrons. The number of alkyl carbamates (subject to hydrolysis) is 1. The number of fused-ring (bicyclic) bond motifs is 1. The van der Waals surface area contributed by atoms with Crippen LogP contribution in [0, 0.1) is 22.7 Å². The van der Waals surface area contributed by atoms with Crippen molar-refractivity contribution in [3.05, 3.63) is 0 Å². The molecule has 13 heteroatoms. The van der Waals surface area contributed by atoms with E-state index in [2.05, 4.69) is 26.1 Å². The highest BCUT2D eigenvalue weighted by atomic mass is 16.7. The van der Waals surface area contributed by atoms with Crippen LogP contribution in [0.3, 0.4) is 0 Å². The van der Waals surface area contributed by atoms with Gasteiger partial charge in [-0.15, -0.1) is 0 Å². The Morgan fingerprint density at radius 3 is 2.26 bits per heavy atom. The van der Waals surface area contributed by atoms with E-state index in [1.54, 1.807) is 53.4 Å². The fraction of sp³-hybridized carbons (Fsp3) is 0.879. The summed E-state index contributed by atoms with van der Waals surface area (Å²) >= 11 is 0. The summed E-state index contributed by atoms with van der Waals surface area (Å²) in [5, 5.41) is 13.2. The lowest BCUT2D eigenvalue weighted by atomic mass is 9.43. The number of hydrogen-bond donors (Lipinski definition) is 2. The Morgan fingerprint density at radius 2 is 1.67 bits per heavy atom. The van der Waals surface area contributed by atoms with Gasteiger partial charge in [0.2, 0.25) is 5.91 Å². The topological polar surface area (TPSA) is 144 Å². The van der Waals surface area contributed by atoms with E-state index >= 15 is 0 Å². The normalized spacial score (nSPS) is 35.2. The molecular formula is C33H54BN3O9. The largest absolute Gasteiger partial charge is 0.480 e. The standard InChI is InChI=1S/C33H54BN3O9/c1-19(35-27(41)43-29(2,3)4)25(38)36-15-13-33(22(36)18-37(24(33)26(39)40)28(42)44-30(5,6)7)12-11-14-34-45-23-17-20-16-21(31(20,8)9)32(23,10)46-34/h19-24H,11-18H2,1-10H3,(H,35,41)(H,39,40)/t19-,20-,21-,22-,23+,24+,32-,33-/m0/s1. The van der Waals surface area contributed by atoms with E-state index in [1.165, 1.54) is 4.90 Å². The smallest absolute Gasteiger partial charge is 0.457 e. The Kier molecular flexibility index (Phi) is 8.74. The van der Waals surface area contributed by atoms with Gasteiger partial charge in [-0.25, -0.2) is 14.4 Å². The van der Waals surface area contributed by atoms with Crippen molar-refractivity contribution < 1.29 is 43.1 Å². The number of amides is 3. The highest BCUT2D eigenvalue weighted by Gasteiger charge is 2.68. The molecule has 3 heterocycles. The molecule has 0 aromatic carbocycles. The maximum atomic E-state index is 13.8. The molecule has 2 N–H and O–H groups in total. The number of carbonyl (C=O) groups excluding carboxylic acids is 3. The summed E-state index contributed by atoms with van der Waals surface area (Å²) in [6.07, 6.45) is 2.80. The van der Waals surface area contributed by atoms with Crippen LogP contribution in [-0.4, -0.2) is 100 Å². The molecule has 0 aromatic rings. The Balaban J connectivity index is 1.33. The minimum absolute atomic E-state index is 0.0193. The average molecular weight is 648 g/mol. The van der Waals surface area contributed by atoms with Gasteiger partial charge < -0.3 is 34.1 Å². The monoisotopic (exact) mass is 647 g/mol. The number of carboxylic acid groups (broad SMARTS) is 1. The minimum atomic E-state index is -1.18. The highest BCUT2D eigenvalue weighted by molar-refractivity contribution is 6.45. The summed E-state index contributed by atoms with van der Waals surface area (Å²) in [5.74, 6) is -0.401. The van der Waals surface area contributed by atoms with Crippen molar-refractivity contribution in [1.29, 1.82) is 0 Å². The van der Waals surface area contributed by atoms with E-state index in [0.29, 0.717) is 44.0 Å². The predicted octanol–water partition coefficient (Wildman–Crippen LogP) is 4.70. The summed E-state index contributed by atoms with van der Waals surface area (Å²) in [6.45, 7) is 19.2. The molecule has 6 aliphatic rings. The molecule has 8 atom stereocenters. The van der Waals surface area contributed by atoms with Crippen molar-refractivity contribution in [3.63, 3.8) is 0 Å². The lowest BCUT2D eigenvalue weighted by molar-refractivity contribution is -0.199. The van der Waals surface area contributed by atoms with Crippen molar-refractivity contribution in [3.8, 4) is 0 Å². The molecule has 3 saturated heterocycles. The zero-order valence-electron chi connectivity index (χ0n) is 29.3. The molecule has 3 saturated carbocycles. The van der Waals surface area contributed by atoms with Crippen LogP contribution in [0.15, 0.2) is 0 Å². The summed E-state index contributed by atoms with van der Waals surface area (Å²) in [6, 6.07) is -2.67. The third-order valence-corrected chi connectivity index (χ3v) is 11.4. The maximum absolute atomic E-state index is 13.8. The summed E-state index contributed by atoms with van der Waals surface area (Å²) in [7, 11) is -0.385. The van der Waals surface area contributed by atoms with E-state index < -0.39 is 52.9 Å². The van der Waals surface area contributed by atoms with Crippen LogP contribution in [0.5, 0.6) is 0 Å². The Bertz CT molecular complexity index is 1250. The zero-order valence-corrected chi connectivity index (χ0v) is 29.3. The van der Waals surface area contributed by atoms with Crippen LogP contribution < -0.4 is 5.32 Å². The first-order valence-electron chi connectivity index (χ1n) is 16.9. The number of nitrogens with one attached hydrogen (secondary N) is 1. The zero-order chi connectivity index (χ0) is 34.2. The predicted molar refractivity (Wildman–Crippen MR) is 170 cm³/mol. The fourth-order valence-corrected chi connectivity index (χ4v) is 9.20. The van der Waals surface area contributed by atoms with Crippen molar-refractivity contribution >= 4 is 31.2 Å². The lowest BCUT2D eigenvalue weighted by Crippen LogP contribution is -2.65. The van der Waals surface area contributed by atoms with Gasteiger partial charge in [0.25, 0.3) is 0 Å². The van der Waals surface area contributed by atoms with Crippen molar-refractivity contribution in [1.82, 2.24) is 15.1 Å². The van der Waals surface area contributed by atoms with E-state index in [0.717, 1.165) is 12.8 Å². The van der Waals surface area contributed by atoms with Gasteiger partial charge in [-0.05, 0) is 105 Å². The molecule has 2 bridgehead atoms. The molecular weight excluding hydrogens is 593 g/mol. The Hall–Kier alpha value is -2.54. The van der Waals surface area contributed by atoms with Gasteiger partial charge in [0.05, 0.1) is 17.7 Å². The van der Waals surface area contributed by atoms with Gasteiger partial charge in [0, 0.05) is 18.5 Å². The van der Waals surface area contributed by atoms with Crippen molar-refractivity contribution in [2.75, 3.05) is 13.1 Å². The number of carbonyl (C=O) groups is 4. The second kappa shape index (κ2) is 11.6. The number of aliphatic carboxylic acids is 1. The van der Waals surface area contributed by atoms with Gasteiger partial charge >= 0.3 is 25.3 Å². The first kappa shape index (κ1) is 34.8. The molecule has 12 nitrogen and oxygen atoms in total. The van der Waals surface area contributed by atoms with Crippen LogP contribution in [0.4, 0.5) is 9.59 Å². The molecule has 0 spiro atoms. The lowest BCUT2D eigenvalue weighted by Gasteiger charge is -2.64. The highest BCUT2D eigenvalue weighted by Crippen LogP contribution is 2.66. The van der Waals surface area contributed by atoms with Crippen molar-refractivity contribution in [2.24, 2.45) is 22.7 Å². The van der Waals surface area contributed by atoms with E-state index in [4.69, 9.17) is 18.8 Å². The SMILES string of the molecule is C[C@H](NC(=O)OC(C)(C)C)C(=O)N1CC[C@@]2(CCCB3O[C@@H]4C[C@@H]5C[C@@H](C5(C)C)[C@]4(C)O3)[C@@H]1CN(C(=O)OC(C)(C)C)[C@@H]2C(=O)O. The third kappa shape index (κ3) is 6.10. The maximum Gasteiger partial charge on any atom is 0.457 e. The molecule has 3 aliphatic heterocycles. The Labute approximate surface area is 273 Å². The van der Waals surface area contributed by atoms with E-state index in [9.17, 15) is 24.3 Å². The first-order valence-corrected chi connectivity index (χ1v) is 16.9. The van der Waals surface area contributed by atoms with Crippen LogP contribution in [0.1, 0.15) is 101 Å². The molecule has 46 heavy (non-hydrogen) atoms. The molecule has 6 rings (SSSR count). The molecule has 6 fully saturated rings. The summed E-state index contributed by atoms with van der Waals surface area (Å²) < 4.78 is 24.1. The van der Waals surface area contributed by atoms with Gasteiger partial charge in [-0.2, -0.15) is 0 Å². The number of hydrogen-bond acceptors (Lipinski definition) is 8. The number of likely N-dealkylation sites (tertiary alicyclic amines) is 2. The third-order valence-electron chi connectivity index (χ3n) is 11.4. The van der Waals surface area contributed by atoms with Crippen molar-refractivity contribution in [2.45, 2.75) is 149 Å². The van der Waals surface area contributed by atoms with Gasteiger partial charge in [0.1, 0.15) is 23.3 Å². The number of nitrogens with zero attached hydrogens (tertiary/aromatic N) is 2. The van der Waals surface area contributed by atoms with E-state index in [-0.39, 0.29) is 36.7 Å². The fourth-order valence-electron chi connectivity index (χ4n) is 9.20. The number of carboxylic acids is 1. The number of ether oxygens (including phenoxy) is 2.